The zero-order chi connectivity index (χ0) is 24.9. The van der Waals surface area contributed by atoms with Gasteiger partial charge in [-0.25, -0.2) is 4.79 Å². The largest absolute Gasteiger partial charge is 0.465 e. The fraction of sp³-hybridized carbons (Fsp3) is 0.367. The summed E-state index contributed by atoms with van der Waals surface area (Å²) < 4.78 is 5.02. The number of rotatable bonds is 7. The number of carbonyl (C=O) groups is 1. The standard InChI is InChI=1S/C30H36O2S2/c1-29(2,3)24-12-8-10-21(14-24)19-33-26-16-23(28(31)32-7)17-27(18-26)34-20-22-11-9-13-25(15-22)30(4,5)6/h8-18H,19-20H2,1-7H3. The zero-order valence-corrected chi connectivity index (χ0v) is 23.0. The van der Waals surface area contributed by atoms with E-state index in [0.29, 0.717) is 5.56 Å². The number of carbonyl (C=O) groups excluding carboxylic acids is 1. The van der Waals surface area contributed by atoms with Crippen molar-refractivity contribution in [2.45, 2.75) is 73.7 Å². The van der Waals surface area contributed by atoms with E-state index in [1.807, 2.05) is 12.1 Å². The van der Waals surface area contributed by atoms with E-state index < -0.39 is 0 Å². The second kappa shape index (κ2) is 11.0. The summed E-state index contributed by atoms with van der Waals surface area (Å²) in [6, 6.07) is 23.6. The molecule has 0 amide bonds. The van der Waals surface area contributed by atoms with Crippen LogP contribution in [0.15, 0.2) is 76.5 Å². The molecule has 0 spiro atoms. The summed E-state index contributed by atoms with van der Waals surface area (Å²) in [5, 5.41) is 0. The van der Waals surface area contributed by atoms with Crippen molar-refractivity contribution < 1.29 is 9.53 Å². The average molecular weight is 493 g/mol. The quantitative estimate of drug-likeness (QED) is 0.243. The van der Waals surface area contributed by atoms with Gasteiger partial charge < -0.3 is 4.74 Å². The second-order valence-corrected chi connectivity index (χ2v) is 12.8. The van der Waals surface area contributed by atoms with Crippen LogP contribution >= 0.6 is 23.5 Å². The van der Waals surface area contributed by atoms with Crippen LogP contribution in [0, 0.1) is 0 Å². The Morgan fingerprint density at radius 2 is 1.15 bits per heavy atom. The summed E-state index contributed by atoms with van der Waals surface area (Å²) in [7, 11) is 1.44. The van der Waals surface area contributed by atoms with E-state index in [1.54, 1.807) is 23.5 Å². The van der Waals surface area contributed by atoms with Crippen molar-refractivity contribution in [1.82, 2.24) is 0 Å². The predicted molar refractivity (Wildman–Crippen MR) is 147 cm³/mol. The molecule has 4 heteroatoms. The van der Waals surface area contributed by atoms with E-state index in [1.165, 1.54) is 29.4 Å². The van der Waals surface area contributed by atoms with Gasteiger partial charge in [-0.1, -0.05) is 90.1 Å². The molecule has 0 aliphatic heterocycles. The molecule has 0 unspecified atom stereocenters. The number of hydrogen-bond donors (Lipinski definition) is 0. The third kappa shape index (κ3) is 7.41. The maximum atomic E-state index is 12.3. The minimum absolute atomic E-state index is 0.125. The molecule has 3 aromatic rings. The molecule has 34 heavy (non-hydrogen) atoms. The Bertz CT molecular complexity index is 1060. The molecule has 0 N–H and O–H groups in total. The molecule has 0 heterocycles. The minimum atomic E-state index is -0.297. The van der Waals surface area contributed by atoms with Crippen molar-refractivity contribution >= 4 is 29.5 Å². The summed E-state index contributed by atoms with van der Waals surface area (Å²) in [5.41, 5.74) is 6.09. The first-order valence-electron chi connectivity index (χ1n) is 11.6. The van der Waals surface area contributed by atoms with Gasteiger partial charge in [-0.05, 0) is 51.3 Å². The molecule has 0 bridgehead atoms. The van der Waals surface area contributed by atoms with Crippen LogP contribution in [0.2, 0.25) is 0 Å². The zero-order valence-electron chi connectivity index (χ0n) is 21.4. The van der Waals surface area contributed by atoms with Crippen LogP contribution in [0.4, 0.5) is 0 Å². The van der Waals surface area contributed by atoms with E-state index in [0.717, 1.165) is 21.3 Å². The Morgan fingerprint density at radius 3 is 1.53 bits per heavy atom. The molecule has 0 aliphatic rings. The predicted octanol–water partition coefficient (Wildman–Crippen LogP) is 8.65. The van der Waals surface area contributed by atoms with Crippen molar-refractivity contribution in [3.05, 3.63) is 94.5 Å². The molecular weight excluding hydrogens is 456 g/mol. The van der Waals surface area contributed by atoms with E-state index in [4.69, 9.17) is 4.74 Å². The van der Waals surface area contributed by atoms with Gasteiger partial charge in [-0.3, -0.25) is 0 Å². The third-order valence-corrected chi connectivity index (χ3v) is 7.79. The molecular formula is C30H36O2S2. The number of ether oxygens (including phenoxy) is 1. The molecule has 0 saturated carbocycles. The van der Waals surface area contributed by atoms with Crippen LogP contribution in [0.3, 0.4) is 0 Å². The molecule has 3 rings (SSSR count). The van der Waals surface area contributed by atoms with Gasteiger partial charge in [-0.15, -0.1) is 23.5 Å². The highest BCUT2D eigenvalue weighted by Gasteiger charge is 2.15. The monoisotopic (exact) mass is 492 g/mol. The van der Waals surface area contributed by atoms with Gasteiger partial charge in [-0.2, -0.15) is 0 Å². The van der Waals surface area contributed by atoms with Crippen LogP contribution in [0.1, 0.15) is 74.2 Å². The Labute approximate surface area is 213 Å². The van der Waals surface area contributed by atoms with Crippen LogP contribution in [-0.2, 0) is 27.1 Å². The Morgan fingerprint density at radius 1 is 0.706 bits per heavy atom. The van der Waals surface area contributed by atoms with E-state index in [2.05, 4.69) is 96.1 Å². The molecule has 0 saturated heterocycles. The van der Waals surface area contributed by atoms with Crippen LogP contribution in [-0.4, -0.2) is 13.1 Å². The first-order valence-corrected chi connectivity index (χ1v) is 13.6. The third-order valence-electron chi connectivity index (χ3n) is 5.70. The topological polar surface area (TPSA) is 26.3 Å². The molecule has 2 nitrogen and oxygen atoms in total. The summed E-state index contributed by atoms with van der Waals surface area (Å²) in [6.45, 7) is 13.4. The summed E-state index contributed by atoms with van der Waals surface area (Å²) in [5.74, 6) is 1.41. The molecule has 0 radical (unpaired) electrons. The van der Waals surface area contributed by atoms with Crippen molar-refractivity contribution in [3.63, 3.8) is 0 Å². The van der Waals surface area contributed by atoms with Gasteiger partial charge in [0.15, 0.2) is 0 Å². The van der Waals surface area contributed by atoms with Crippen molar-refractivity contribution in [2.24, 2.45) is 0 Å². The van der Waals surface area contributed by atoms with Crippen molar-refractivity contribution in [1.29, 1.82) is 0 Å². The van der Waals surface area contributed by atoms with Crippen molar-refractivity contribution in [3.8, 4) is 0 Å². The van der Waals surface area contributed by atoms with E-state index in [-0.39, 0.29) is 16.8 Å². The van der Waals surface area contributed by atoms with Gasteiger partial charge in [0.25, 0.3) is 0 Å². The number of benzene rings is 3. The number of hydrogen-bond acceptors (Lipinski definition) is 4. The first kappa shape index (κ1) is 26.4. The highest BCUT2D eigenvalue weighted by atomic mass is 32.2. The van der Waals surface area contributed by atoms with Crippen LogP contribution in [0.5, 0.6) is 0 Å². The SMILES string of the molecule is COC(=O)c1cc(SCc2cccc(C(C)(C)C)c2)cc(SCc2cccc(C(C)(C)C)c2)c1. The average Bonchev–Trinajstić information content (AvgIpc) is 2.80. The summed E-state index contributed by atoms with van der Waals surface area (Å²) >= 11 is 3.51. The van der Waals surface area contributed by atoms with Crippen molar-refractivity contribution in [2.75, 3.05) is 7.11 Å². The lowest BCUT2D eigenvalue weighted by atomic mass is 9.86. The Balaban J connectivity index is 1.78. The van der Waals surface area contributed by atoms with Gasteiger partial charge >= 0.3 is 5.97 Å². The molecule has 0 aliphatic carbocycles. The van der Waals surface area contributed by atoms with Gasteiger partial charge in [0.1, 0.15) is 0 Å². The van der Waals surface area contributed by atoms with Gasteiger partial charge in [0.2, 0.25) is 0 Å². The number of thioether (sulfide) groups is 2. The smallest absolute Gasteiger partial charge is 0.337 e. The van der Waals surface area contributed by atoms with E-state index in [9.17, 15) is 4.79 Å². The van der Waals surface area contributed by atoms with Crippen LogP contribution in [0.25, 0.3) is 0 Å². The number of methoxy groups -OCH3 is 1. The Kier molecular flexibility index (Phi) is 8.59. The van der Waals surface area contributed by atoms with E-state index >= 15 is 0 Å². The maximum Gasteiger partial charge on any atom is 0.337 e. The summed E-state index contributed by atoms with van der Waals surface area (Å²) in [4.78, 5) is 14.5. The molecule has 0 aromatic heterocycles. The lowest BCUT2D eigenvalue weighted by Gasteiger charge is -2.20. The first-order chi connectivity index (χ1) is 16.0. The Hall–Kier alpha value is -2.17. The normalized spacial score (nSPS) is 12.0. The van der Waals surface area contributed by atoms with Gasteiger partial charge in [0, 0.05) is 21.3 Å². The highest BCUT2D eigenvalue weighted by molar-refractivity contribution is 7.99. The fourth-order valence-corrected chi connectivity index (χ4v) is 5.50. The molecule has 3 aromatic carbocycles. The maximum absolute atomic E-state index is 12.3. The fourth-order valence-electron chi connectivity index (χ4n) is 3.56. The highest BCUT2D eigenvalue weighted by Crippen LogP contribution is 2.33. The van der Waals surface area contributed by atoms with Gasteiger partial charge in [0.05, 0.1) is 12.7 Å². The molecule has 180 valence electrons. The lowest BCUT2D eigenvalue weighted by molar-refractivity contribution is 0.0600. The molecule has 0 fully saturated rings. The minimum Gasteiger partial charge on any atom is -0.465 e. The summed E-state index contributed by atoms with van der Waals surface area (Å²) in [6.07, 6.45) is 0. The second-order valence-electron chi connectivity index (χ2n) is 10.7. The lowest BCUT2D eigenvalue weighted by Crippen LogP contribution is -2.11. The number of esters is 1. The molecule has 0 atom stereocenters. The van der Waals surface area contributed by atoms with Crippen LogP contribution < -0.4 is 0 Å².